The Hall–Kier alpha value is -3.62. The third kappa shape index (κ3) is 4.63. The topological polar surface area (TPSA) is 100 Å². The van der Waals surface area contributed by atoms with Crippen molar-refractivity contribution in [3.63, 3.8) is 0 Å². The zero-order valence-corrected chi connectivity index (χ0v) is 16.2. The van der Waals surface area contributed by atoms with Crippen molar-refractivity contribution in [2.24, 2.45) is 0 Å². The molecule has 4 rings (SSSR count). The summed E-state index contributed by atoms with van der Waals surface area (Å²) < 4.78 is 16.3. The first-order valence-corrected chi connectivity index (χ1v) is 9.23. The number of hydrogen-bond donors (Lipinski definition) is 1. The number of rotatable bonds is 7. The zero-order valence-electron chi connectivity index (χ0n) is 16.2. The van der Waals surface area contributed by atoms with Gasteiger partial charge in [-0.1, -0.05) is 29.8 Å². The third-order valence-electron chi connectivity index (χ3n) is 4.30. The summed E-state index contributed by atoms with van der Waals surface area (Å²) in [6.07, 6.45) is 0. The molecule has 1 aromatic heterocycles. The van der Waals surface area contributed by atoms with E-state index in [1.165, 1.54) is 4.80 Å². The Morgan fingerprint density at radius 3 is 2.83 bits per heavy atom. The predicted octanol–water partition coefficient (Wildman–Crippen LogP) is 1.96. The standard InChI is InChI=1S/C20H21N5O4/c1-13-3-5-15(6-4-13)20-22-24-25(23-20)10-19(26)21-14(2)11-27-16-7-8-17-18(9-16)29-12-28-17/h3-9,14H,10-12H2,1-2H3,(H,21,26)/t14-/m0/s1. The fourth-order valence-corrected chi connectivity index (χ4v) is 2.81. The van der Waals surface area contributed by atoms with E-state index in [0.29, 0.717) is 29.7 Å². The predicted molar refractivity (Wildman–Crippen MR) is 104 cm³/mol. The van der Waals surface area contributed by atoms with Crippen LogP contribution < -0.4 is 19.5 Å². The van der Waals surface area contributed by atoms with Gasteiger partial charge in [-0.15, -0.1) is 10.2 Å². The Balaban J connectivity index is 1.26. The van der Waals surface area contributed by atoms with Crippen molar-refractivity contribution in [2.75, 3.05) is 13.4 Å². The van der Waals surface area contributed by atoms with Gasteiger partial charge in [0.05, 0.1) is 6.04 Å². The van der Waals surface area contributed by atoms with E-state index in [0.717, 1.165) is 11.1 Å². The molecular formula is C20H21N5O4. The fraction of sp³-hybridized carbons (Fsp3) is 0.300. The van der Waals surface area contributed by atoms with E-state index in [9.17, 15) is 4.79 Å². The van der Waals surface area contributed by atoms with Crippen LogP contribution in [0.15, 0.2) is 42.5 Å². The Bertz CT molecular complexity index is 1000. The average molecular weight is 395 g/mol. The van der Waals surface area contributed by atoms with E-state index in [-0.39, 0.29) is 25.3 Å². The van der Waals surface area contributed by atoms with Crippen LogP contribution in [0.5, 0.6) is 17.2 Å². The van der Waals surface area contributed by atoms with Gasteiger partial charge in [0.25, 0.3) is 0 Å². The van der Waals surface area contributed by atoms with Crippen molar-refractivity contribution in [3.8, 4) is 28.6 Å². The van der Waals surface area contributed by atoms with Crippen LogP contribution in [0.1, 0.15) is 12.5 Å². The Labute approximate surface area is 167 Å². The molecule has 150 valence electrons. The normalized spacial score (nSPS) is 13.2. The van der Waals surface area contributed by atoms with Crippen molar-refractivity contribution in [3.05, 3.63) is 48.0 Å². The number of nitrogens with zero attached hydrogens (tertiary/aromatic N) is 4. The number of ether oxygens (including phenoxy) is 3. The van der Waals surface area contributed by atoms with E-state index in [4.69, 9.17) is 14.2 Å². The van der Waals surface area contributed by atoms with Gasteiger partial charge in [-0.05, 0) is 31.2 Å². The molecule has 0 fully saturated rings. The number of benzene rings is 2. The molecule has 0 saturated heterocycles. The second kappa shape index (κ2) is 8.17. The van der Waals surface area contributed by atoms with Gasteiger partial charge in [0.15, 0.2) is 11.5 Å². The second-order valence-electron chi connectivity index (χ2n) is 6.80. The van der Waals surface area contributed by atoms with Gasteiger partial charge >= 0.3 is 0 Å². The summed E-state index contributed by atoms with van der Waals surface area (Å²) in [5.41, 5.74) is 2.00. The molecule has 3 aromatic rings. The number of tetrazole rings is 1. The number of carbonyl (C=O) groups excluding carboxylic acids is 1. The van der Waals surface area contributed by atoms with Crippen LogP contribution in [0.4, 0.5) is 0 Å². The lowest BCUT2D eigenvalue weighted by molar-refractivity contribution is -0.122. The van der Waals surface area contributed by atoms with Crippen molar-refractivity contribution in [2.45, 2.75) is 26.4 Å². The molecule has 0 aliphatic carbocycles. The lowest BCUT2D eigenvalue weighted by atomic mass is 10.1. The molecule has 2 aromatic carbocycles. The van der Waals surface area contributed by atoms with E-state index in [1.807, 2.05) is 38.1 Å². The van der Waals surface area contributed by atoms with Crippen LogP contribution in [-0.2, 0) is 11.3 Å². The molecule has 1 N–H and O–H groups in total. The van der Waals surface area contributed by atoms with E-state index in [1.54, 1.807) is 18.2 Å². The van der Waals surface area contributed by atoms with Crippen LogP contribution in [-0.4, -0.2) is 45.6 Å². The molecule has 1 aliphatic rings. The van der Waals surface area contributed by atoms with Gasteiger partial charge in [-0.25, -0.2) is 0 Å². The summed E-state index contributed by atoms with van der Waals surface area (Å²) in [6.45, 7) is 4.37. The van der Waals surface area contributed by atoms with Gasteiger partial charge < -0.3 is 19.5 Å². The highest BCUT2D eigenvalue weighted by Gasteiger charge is 2.15. The maximum atomic E-state index is 12.2. The molecule has 1 atom stereocenters. The molecule has 0 radical (unpaired) electrons. The van der Waals surface area contributed by atoms with E-state index < -0.39 is 0 Å². The number of carbonyl (C=O) groups is 1. The summed E-state index contributed by atoms with van der Waals surface area (Å²) >= 11 is 0. The highest BCUT2D eigenvalue weighted by Crippen LogP contribution is 2.35. The average Bonchev–Trinajstić information content (AvgIpc) is 3.36. The summed E-state index contributed by atoms with van der Waals surface area (Å²) in [4.78, 5) is 13.5. The highest BCUT2D eigenvalue weighted by molar-refractivity contribution is 5.75. The number of nitrogens with one attached hydrogen (secondary N) is 1. The number of hydrogen-bond acceptors (Lipinski definition) is 7. The van der Waals surface area contributed by atoms with Gasteiger partial charge in [-0.2, -0.15) is 4.80 Å². The number of fused-ring (bicyclic) bond motifs is 1. The van der Waals surface area contributed by atoms with Crippen LogP contribution >= 0.6 is 0 Å². The third-order valence-corrected chi connectivity index (χ3v) is 4.30. The zero-order chi connectivity index (χ0) is 20.2. The lowest BCUT2D eigenvalue weighted by Crippen LogP contribution is -2.39. The molecular weight excluding hydrogens is 374 g/mol. The van der Waals surface area contributed by atoms with Crippen molar-refractivity contribution in [1.29, 1.82) is 0 Å². The minimum absolute atomic E-state index is 0.0206. The molecule has 9 heteroatoms. The maximum Gasteiger partial charge on any atom is 0.244 e. The molecule has 0 spiro atoms. The minimum Gasteiger partial charge on any atom is -0.491 e. The fourth-order valence-electron chi connectivity index (χ4n) is 2.81. The molecule has 0 bridgehead atoms. The van der Waals surface area contributed by atoms with E-state index >= 15 is 0 Å². The number of aromatic nitrogens is 4. The Morgan fingerprint density at radius 2 is 2.00 bits per heavy atom. The first kappa shape index (κ1) is 18.7. The van der Waals surface area contributed by atoms with Crippen LogP contribution in [0.2, 0.25) is 0 Å². The van der Waals surface area contributed by atoms with Gasteiger partial charge in [-0.3, -0.25) is 4.79 Å². The smallest absolute Gasteiger partial charge is 0.244 e. The first-order chi connectivity index (χ1) is 14.1. The van der Waals surface area contributed by atoms with Gasteiger partial charge in [0, 0.05) is 11.6 Å². The molecule has 9 nitrogen and oxygen atoms in total. The SMILES string of the molecule is Cc1ccc(-c2nnn(CC(=O)N[C@@H](C)COc3ccc4c(c3)OCO4)n2)cc1. The quantitative estimate of drug-likeness (QED) is 0.653. The van der Waals surface area contributed by atoms with Crippen LogP contribution in [0.25, 0.3) is 11.4 Å². The highest BCUT2D eigenvalue weighted by atomic mass is 16.7. The molecule has 29 heavy (non-hydrogen) atoms. The Morgan fingerprint density at radius 1 is 1.21 bits per heavy atom. The van der Waals surface area contributed by atoms with Gasteiger partial charge in [0.2, 0.25) is 18.5 Å². The number of aryl methyl sites for hydroxylation is 1. The van der Waals surface area contributed by atoms with Gasteiger partial charge in [0.1, 0.15) is 18.9 Å². The first-order valence-electron chi connectivity index (χ1n) is 9.23. The second-order valence-corrected chi connectivity index (χ2v) is 6.80. The summed E-state index contributed by atoms with van der Waals surface area (Å²) in [6, 6.07) is 13.0. The largest absolute Gasteiger partial charge is 0.491 e. The summed E-state index contributed by atoms with van der Waals surface area (Å²) in [5.74, 6) is 2.26. The van der Waals surface area contributed by atoms with Crippen molar-refractivity contribution in [1.82, 2.24) is 25.5 Å². The summed E-state index contributed by atoms with van der Waals surface area (Å²) in [5, 5.41) is 15.1. The van der Waals surface area contributed by atoms with E-state index in [2.05, 4.69) is 20.7 Å². The molecule has 0 saturated carbocycles. The molecule has 1 amide bonds. The van der Waals surface area contributed by atoms with Crippen LogP contribution in [0.3, 0.4) is 0 Å². The van der Waals surface area contributed by atoms with Crippen molar-refractivity contribution >= 4 is 5.91 Å². The molecule has 2 heterocycles. The minimum atomic E-state index is -0.223. The van der Waals surface area contributed by atoms with Crippen LogP contribution in [0, 0.1) is 6.92 Å². The van der Waals surface area contributed by atoms with Crippen molar-refractivity contribution < 1.29 is 19.0 Å². The molecule has 0 unspecified atom stereocenters. The number of amides is 1. The lowest BCUT2D eigenvalue weighted by Gasteiger charge is -2.15. The maximum absolute atomic E-state index is 12.2. The monoisotopic (exact) mass is 395 g/mol. The summed E-state index contributed by atoms with van der Waals surface area (Å²) in [7, 11) is 0. The Kier molecular flexibility index (Phi) is 5.28. The molecule has 1 aliphatic heterocycles.